The Balaban J connectivity index is 1.67. The van der Waals surface area contributed by atoms with E-state index in [1.165, 1.54) is 24.3 Å². The minimum Gasteiger partial charge on any atom is -0.466 e. The minimum absolute atomic E-state index is 0.0676. The van der Waals surface area contributed by atoms with Gasteiger partial charge in [-0.1, -0.05) is 60.7 Å². The first-order valence-electron chi connectivity index (χ1n) is 13.7. The molecule has 1 N–H and O–H groups in total. The molecule has 0 aromatic heterocycles. The summed E-state index contributed by atoms with van der Waals surface area (Å²) in [6.07, 6.45) is 0. The Morgan fingerprint density at radius 3 is 1.95 bits per heavy atom. The summed E-state index contributed by atoms with van der Waals surface area (Å²) in [5.74, 6) is -1.25. The van der Waals surface area contributed by atoms with E-state index in [9.17, 15) is 25.0 Å². The van der Waals surface area contributed by atoms with E-state index >= 15 is 0 Å². The van der Waals surface area contributed by atoms with Crippen LogP contribution >= 0.6 is 0 Å². The molecule has 0 saturated carbocycles. The van der Waals surface area contributed by atoms with Crippen LogP contribution in [0.25, 0.3) is 0 Å². The van der Waals surface area contributed by atoms with Gasteiger partial charge in [0.1, 0.15) is 5.92 Å². The molecule has 0 aliphatic carbocycles. The van der Waals surface area contributed by atoms with Crippen molar-refractivity contribution in [3.63, 3.8) is 0 Å². The molecule has 12 nitrogen and oxygen atoms in total. The Bertz CT molecular complexity index is 1720. The average molecular weight is 580 g/mol. The second-order valence-corrected chi connectivity index (χ2v) is 10.2. The number of rotatable bonds is 8. The summed E-state index contributed by atoms with van der Waals surface area (Å²) in [7, 11) is 0. The number of azo groups is 1. The van der Waals surface area contributed by atoms with E-state index in [0.717, 1.165) is 11.1 Å². The van der Waals surface area contributed by atoms with Gasteiger partial charge in [-0.15, -0.1) is 0 Å². The molecule has 4 aromatic carbocycles. The van der Waals surface area contributed by atoms with Crippen molar-refractivity contribution in [1.82, 2.24) is 5.43 Å². The predicted molar refractivity (Wildman–Crippen MR) is 155 cm³/mol. The first-order valence-corrected chi connectivity index (χ1v) is 13.7. The highest BCUT2D eigenvalue weighted by Crippen LogP contribution is 2.60. The summed E-state index contributed by atoms with van der Waals surface area (Å²) in [5, 5.41) is 28.1. The monoisotopic (exact) mass is 579 g/mol. The van der Waals surface area contributed by atoms with Crippen molar-refractivity contribution >= 4 is 28.7 Å². The third-order valence-corrected chi connectivity index (χ3v) is 8.01. The fourth-order valence-corrected chi connectivity index (χ4v) is 6.19. The van der Waals surface area contributed by atoms with Gasteiger partial charge in [-0.25, -0.2) is 0 Å². The maximum absolute atomic E-state index is 13.9. The van der Waals surface area contributed by atoms with E-state index in [4.69, 9.17) is 9.85 Å². The summed E-state index contributed by atoms with van der Waals surface area (Å²) in [6.45, 7) is 2.08. The van der Waals surface area contributed by atoms with E-state index in [-0.39, 0.29) is 24.5 Å². The van der Waals surface area contributed by atoms with E-state index in [1.54, 1.807) is 36.0 Å². The second kappa shape index (κ2) is 10.6. The van der Waals surface area contributed by atoms with Gasteiger partial charge in [0, 0.05) is 64.1 Å². The van der Waals surface area contributed by atoms with Gasteiger partial charge in [0.2, 0.25) is 0 Å². The van der Waals surface area contributed by atoms with Gasteiger partial charge in [0.25, 0.3) is 22.7 Å². The molecule has 2 aliphatic heterocycles. The van der Waals surface area contributed by atoms with Crippen LogP contribution in [0.4, 0.5) is 22.7 Å². The zero-order valence-electron chi connectivity index (χ0n) is 23.1. The summed E-state index contributed by atoms with van der Waals surface area (Å²) in [4.78, 5) is 39.3. The van der Waals surface area contributed by atoms with Crippen molar-refractivity contribution in [2.45, 2.75) is 18.1 Å². The number of nitrogens with one attached hydrogen (secondary N) is 1. The number of hydrogen-bond acceptors (Lipinski definition) is 9. The molecule has 0 spiro atoms. The second-order valence-electron chi connectivity index (χ2n) is 10.2. The van der Waals surface area contributed by atoms with Crippen molar-refractivity contribution in [3.05, 3.63) is 141 Å². The third-order valence-electron chi connectivity index (χ3n) is 8.01. The zero-order chi connectivity index (χ0) is 30.2. The number of anilines is 1. The normalized spacial score (nSPS) is 22.3. The van der Waals surface area contributed by atoms with Crippen LogP contribution in [0.1, 0.15) is 18.1 Å². The highest BCUT2D eigenvalue weighted by atomic mass is 16.6. The number of hydrazine groups is 1. The van der Waals surface area contributed by atoms with Crippen molar-refractivity contribution in [2.24, 2.45) is 11.0 Å². The molecule has 0 unspecified atom stereocenters. The molecule has 3 atom stereocenters. The number of nitro benzene ring substituents is 2. The number of carbonyl (C=O) groups excluding carboxylic acids is 1. The van der Waals surface area contributed by atoms with Crippen LogP contribution in [0.3, 0.4) is 0 Å². The number of non-ortho nitro benzene ring substituents is 2. The number of ether oxygens (including phenoxy) is 1. The minimum atomic E-state index is -1.31. The lowest BCUT2D eigenvalue weighted by Crippen LogP contribution is -2.59. The first-order chi connectivity index (χ1) is 20.8. The Morgan fingerprint density at radius 1 is 0.884 bits per heavy atom. The quantitative estimate of drug-likeness (QED) is 0.124. The van der Waals surface area contributed by atoms with Gasteiger partial charge < -0.3 is 9.64 Å². The molecule has 43 heavy (non-hydrogen) atoms. The largest absolute Gasteiger partial charge is 0.466 e. The molecule has 6 rings (SSSR count). The van der Waals surface area contributed by atoms with Gasteiger partial charge in [-0.05, 0) is 24.6 Å². The van der Waals surface area contributed by atoms with Crippen molar-refractivity contribution in [1.29, 1.82) is 0 Å². The number of hydrogen-bond donors (Lipinski definition) is 1. The smallest absolute Gasteiger partial charge is 0.313 e. The van der Waals surface area contributed by atoms with Crippen LogP contribution in [0.15, 0.2) is 114 Å². The van der Waals surface area contributed by atoms with Crippen molar-refractivity contribution < 1.29 is 24.2 Å². The highest BCUT2D eigenvalue weighted by Gasteiger charge is 2.77. The van der Waals surface area contributed by atoms with E-state index < -0.39 is 32.9 Å². The van der Waals surface area contributed by atoms with Crippen LogP contribution in [0.5, 0.6) is 0 Å². The van der Waals surface area contributed by atoms with Gasteiger partial charge in [-0.2, -0.15) is 5.43 Å². The molecule has 1 saturated heterocycles. The summed E-state index contributed by atoms with van der Waals surface area (Å²) >= 11 is 0. The van der Waals surface area contributed by atoms with Gasteiger partial charge in [0.15, 0.2) is 5.54 Å². The molecule has 12 heteroatoms. The van der Waals surface area contributed by atoms with E-state index in [2.05, 4.69) is 5.43 Å². The van der Waals surface area contributed by atoms with Gasteiger partial charge in [-0.3, -0.25) is 25.0 Å². The number of carbonyl (C=O) groups is 1. The molecule has 216 valence electrons. The summed E-state index contributed by atoms with van der Waals surface area (Å²) in [6, 6.07) is 31.1. The molecule has 4 aromatic rings. The van der Waals surface area contributed by atoms with Crippen LogP contribution in [0.2, 0.25) is 0 Å². The number of benzene rings is 4. The fourth-order valence-electron chi connectivity index (χ4n) is 6.19. The first kappa shape index (κ1) is 27.5. The van der Waals surface area contributed by atoms with Gasteiger partial charge >= 0.3 is 5.97 Å². The van der Waals surface area contributed by atoms with E-state index in [1.807, 2.05) is 65.6 Å². The maximum atomic E-state index is 13.9. The van der Waals surface area contributed by atoms with Crippen molar-refractivity contribution in [3.8, 4) is 0 Å². The van der Waals surface area contributed by atoms with Crippen LogP contribution < -0.4 is 10.3 Å². The average Bonchev–Trinajstić information content (AvgIpc) is 3.54. The molecule has 2 heterocycles. The summed E-state index contributed by atoms with van der Waals surface area (Å²) < 4.78 is 5.65. The lowest BCUT2D eigenvalue weighted by atomic mass is 9.70. The Morgan fingerprint density at radius 2 is 1.42 bits per heavy atom. The third kappa shape index (κ3) is 4.26. The molecule has 2 aliphatic rings. The Hall–Kier alpha value is -5.65. The molecular weight excluding hydrogens is 552 g/mol. The molecule has 0 bridgehead atoms. The zero-order valence-corrected chi connectivity index (χ0v) is 23.1. The lowest BCUT2D eigenvalue weighted by molar-refractivity contribution is -0.570. The Labute approximate surface area is 246 Å². The SMILES string of the molecule is CCOC(=O)[C@@H]1CN(c2ccc([N+](=O)[O-])cc2)[C@@]2(c3ccccc3)N=[N+](c3ccc([N+](=O)[O-])cc3)N[C@@]12c1ccccc1. The number of fused-ring (bicyclic) bond motifs is 1. The highest BCUT2D eigenvalue weighted by molar-refractivity contribution is 5.79. The molecule has 0 amide bonds. The number of esters is 1. The molecular formula is C31H27N6O6+. The van der Waals surface area contributed by atoms with Crippen LogP contribution in [0, 0.1) is 26.1 Å². The van der Waals surface area contributed by atoms with Crippen LogP contribution in [-0.2, 0) is 20.7 Å². The number of nitro groups is 2. The summed E-state index contributed by atoms with van der Waals surface area (Å²) in [5.41, 5.74) is 3.48. The maximum Gasteiger partial charge on any atom is 0.313 e. The predicted octanol–water partition coefficient (Wildman–Crippen LogP) is 5.57. The van der Waals surface area contributed by atoms with Gasteiger partial charge in [0.05, 0.1) is 16.5 Å². The van der Waals surface area contributed by atoms with E-state index in [0.29, 0.717) is 11.4 Å². The van der Waals surface area contributed by atoms with Crippen molar-refractivity contribution in [2.75, 3.05) is 18.1 Å². The standard InChI is InChI=1S/C31H27N6O6/c1-2-43-29(38)28-21-34(24-13-17-26(18-14-24)36(39)40)31(23-11-7-4-8-12-23)30(28,22-9-5-3-6-10-22)32-35(33-31)25-15-19-27(20-16-25)37(41)42/h3-20,28H,2,21H2,1H3,(H,32,33)/q+1/t28-,30-,31+/m0/s1. The number of nitrogens with zero attached hydrogens (tertiary/aromatic N) is 5. The Kier molecular flexibility index (Phi) is 6.81. The lowest BCUT2D eigenvalue weighted by Gasteiger charge is -2.40. The fraction of sp³-hybridized carbons (Fsp3) is 0.194. The molecule has 1 fully saturated rings. The topological polar surface area (TPSA) is 143 Å². The molecule has 0 radical (unpaired) electrons. The van der Waals surface area contributed by atoms with Crippen LogP contribution in [-0.4, -0.2) is 33.8 Å².